The molecule has 0 spiro atoms. The molecule has 29 heavy (non-hydrogen) atoms. The summed E-state index contributed by atoms with van der Waals surface area (Å²) in [5.41, 5.74) is 2.38. The summed E-state index contributed by atoms with van der Waals surface area (Å²) in [4.78, 5) is 12.7. The first-order valence-electron chi connectivity index (χ1n) is 9.01. The normalized spacial score (nSPS) is 11.4. The second-order valence-corrected chi connectivity index (χ2v) is 9.00. The maximum Gasteiger partial charge on any atom is 0.243 e. The Hall–Kier alpha value is -2.67. The maximum absolute atomic E-state index is 13.2. The van der Waals surface area contributed by atoms with Crippen LogP contribution in [0.1, 0.15) is 11.1 Å². The molecule has 150 valence electrons. The average Bonchev–Trinajstić information content (AvgIpc) is 2.70. The standard InChI is InChI=1S/C22H21ClN2O3S/c1-17-10-12-18(13-11-17)15-25(29(27,28)21-8-3-2-4-9-21)16-22(26)24-20-7-5-6-19(23)14-20/h2-14H,15-16H2,1H3,(H,24,26). The first-order chi connectivity index (χ1) is 13.8. The molecule has 0 saturated heterocycles. The molecule has 0 radical (unpaired) electrons. The van der Waals surface area contributed by atoms with Crippen molar-refractivity contribution in [3.05, 3.63) is 95.0 Å². The maximum atomic E-state index is 13.2. The summed E-state index contributed by atoms with van der Waals surface area (Å²) < 4.78 is 27.5. The Kier molecular flexibility index (Phi) is 6.69. The molecule has 7 heteroatoms. The number of halogens is 1. The van der Waals surface area contributed by atoms with E-state index in [0.29, 0.717) is 10.7 Å². The van der Waals surface area contributed by atoms with Gasteiger partial charge in [-0.15, -0.1) is 0 Å². The van der Waals surface area contributed by atoms with Gasteiger partial charge in [-0.1, -0.05) is 65.7 Å². The lowest BCUT2D eigenvalue weighted by Gasteiger charge is -2.22. The monoisotopic (exact) mass is 428 g/mol. The number of carbonyl (C=O) groups is 1. The molecule has 0 heterocycles. The number of carbonyl (C=O) groups excluding carboxylic acids is 1. The molecular formula is C22H21ClN2O3S. The molecule has 3 rings (SSSR count). The molecule has 0 aliphatic carbocycles. The zero-order valence-corrected chi connectivity index (χ0v) is 17.5. The predicted octanol–water partition coefficient (Wildman–Crippen LogP) is 4.48. The summed E-state index contributed by atoms with van der Waals surface area (Å²) in [6.07, 6.45) is 0. The summed E-state index contributed by atoms with van der Waals surface area (Å²) in [5.74, 6) is -0.445. The van der Waals surface area contributed by atoms with Crippen molar-refractivity contribution in [2.24, 2.45) is 0 Å². The third-order valence-electron chi connectivity index (χ3n) is 4.29. The first-order valence-corrected chi connectivity index (χ1v) is 10.8. The Morgan fingerprint density at radius 1 is 0.966 bits per heavy atom. The quantitative estimate of drug-likeness (QED) is 0.603. The Morgan fingerprint density at radius 2 is 1.66 bits per heavy atom. The van der Waals surface area contributed by atoms with Gasteiger partial charge in [-0.2, -0.15) is 4.31 Å². The molecule has 0 aliphatic rings. The van der Waals surface area contributed by atoms with Crippen molar-refractivity contribution in [3.63, 3.8) is 0 Å². The number of nitrogens with zero attached hydrogens (tertiary/aromatic N) is 1. The van der Waals surface area contributed by atoms with E-state index in [9.17, 15) is 13.2 Å². The molecule has 0 atom stereocenters. The van der Waals surface area contributed by atoms with Gasteiger partial charge in [-0.05, 0) is 42.8 Å². The number of benzene rings is 3. The van der Waals surface area contributed by atoms with Crippen molar-refractivity contribution in [1.82, 2.24) is 4.31 Å². The highest BCUT2D eigenvalue weighted by Crippen LogP contribution is 2.20. The van der Waals surface area contributed by atoms with Gasteiger partial charge < -0.3 is 5.32 Å². The Balaban J connectivity index is 1.85. The van der Waals surface area contributed by atoms with E-state index in [2.05, 4.69) is 5.32 Å². The summed E-state index contributed by atoms with van der Waals surface area (Å²) in [5, 5.41) is 3.18. The highest BCUT2D eigenvalue weighted by Gasteiger charge is 2.26. The molecule has 0 fully saturated rings. The van der Waals surface area contributed by atoms with Gasteiger partial charge in [0.05, 0.1) is 11.4 Å². The number of hydrogen-bond donors (Lipinski definition) is 1. The van der Waals surface area contributed by atoms with Gasteiger partial charge in [0.2, 0.25) is 15.9 Å². The van der Waals surface area contributed by atoms with E-state index >= 15 is 0 Å². The van der Waals surface area contributed by atoms with Gasteiger partial charge in [0.25, 0.3) is 0 Å². The number of anilines is 1. The van der Waals surface area contributed by atoms with Crippen LogP contribution in [0.2, 0.25) is 5.02 Å². The second-order valence-electron chi connectivity index (χ2n) is 6.63. The average molecular weight is 429 g/mol. The van der Waals surface area contributed by atoms with Crippen LogP contribution in [0.3, 0.4) is 0 Å². The topological polar surface area (TPSA) is 66.5 Å². The molecule has 5 nitrogen and oxygen atoms in total. The van der Waals surface area contributed by atoms with Crippen molar-refractivity contribution in [1.29, 1.82) is 0 Å². The van der Waals surface area contributed by atoms with Gasteiger partial charge in [0.1, 0.15) is 0 Å². The van der Waals surface area contributed by atoms with Crippen LogP contribution in [0.25, 0.3) is 0 Å². The fraction of sp³-hybridized carbons (Fsp3) is 0.136. The van der Waals surface area contributed by atoms with Crippen LogP contribution < -0.4 is 5.32 Å². The largest absolute Gasteiger partial charge is 0.325 e. The SMILES string of the molecule is Cc1ccc(CN(CC(=O)Nc2cccc(Cl)c2)S(=O)(=O)c2ccccc2)cc1. The smallest absolute Gasteiger partial charge is 0.243 e. The van der Waals surface area contributed by atoms with Crippen LogP contribution in [-0.2, 0) is 21.4 Å². The molecule has 3 aromatic carbocycles. The van der Waals surface area contributed by atoms with Crippen molar-refractivity contribution in [2.45, 2.75) is 18.4 Å². The summed E-state index contributed by atoms with van der Waals surface area (Å²) in [7, 11) is -3.86. The molecule has 3 aromatic rings. The highest BCUT2D eigenvalue weighted by atomic mass is 35.5. The zero-order chi connectivity index (χ0) is 20.9. The van der Waals surface area contributed by atoms with Crippen LogP contribution >= 0.6 is 11.6 Å². The lowest BCUT2D eigenvalue weighted by atomic mass is 10.1. The van der Waals surface area contributed by atoms with Crippen LogP contribution in [0.5, 0.6) is 0 Å². The van der Waals surface area contributed by atoms with Crippen LogP contribution in [0.15, 0.2) is 83.8 Å². The van der Waals surface area contributed by atoms with Gasteiger partial charge >= 0.3 is 0 Å². The van der Waals surface area contributed by atoms with Crippen molar-refractivity contribution < 1.29 is 13.2 Å². The summed E-state index contributed by atoms with van der Waals surface area (Å²) >= 11 is 5.95. The molecule has 0 unspecified atom stereocenters. The van der Waals surface area contributed by atoms with Crippen molar-refractivity contribution in [3.8, 4) is 0 Å². The highest BCUT2D eigenvalue weighted by molar-refractivity contribution is 7.89. The first kappa shape index (κ1) is 21.0. The number of hydrogen-bond acceptors (Lipinski definition) is 3. The van der Waals surface area contributed by atoms with Crippen molar-refractivity contribution >= 4 is 33.2 Å². The number of sulfonamides is 1. The van der Waals surface area contributed by atoms with Crippen LogP contribution in [0.4, 0.5) is 5.69 Å². The van der Waals surface area contributed by atoms with E-state index in [1.54, 1.807) is 42.5 Å². The Bertz CT molecular complexity index is 1080. The van der Waals surface area contributed by atoms with E-state index in [1.807, 2.05) is 31.2 Å². The molecule has 0 saturated carbocycles. The Morgan fingerprint density at radius 3 is 2.31 bits per heavy atom. The van der Waals surface area contributed by atoms with Crippen molar-refractivity contribution in [2.75, 3.05) is 11.9 Å². The van der Waals surface area contributed by atoms with E-state index in [-0.39, 0.29) is 18.0 Å². The molecule has 0 aliphatic heterocycles. The number of rotatable bonds is 7. The third-order valence-corrected chi connectivity index (χ3v) is 6.33. The number of aryl methyl sites for hydroxylation is 1. The summed E-state index contributed by atoms with van der Waals surface area (Å²) in [6, 6.07) is 22.3. The molecule has 0 bridgehead atoms. The Labute approximate surface area is 176 Å². The lowest BCUT2D eigenvalue weighted by molar-refractivity contribution is -0.116. The minimum Gasteiger partial charge on any atom is -0.325 e. The predicted molar refractivity (Wildman–Crippen MR) is 115 cm³/mol. The van der Waals surface area contributed by atoms with E-state index in [0.717, 1.165) is 11.1 Å². The van der Waals surface area contributed by atoms with E-state index in [1.165, 1.54) is 16.4 Å². The minimum atomic E-state index is -3.86. The summed E-state index contributed by atoms with van der Waals surface area (Å²) in [6.45, 7) is 1.72. The van der Waals surface area contributed by atoms with Gasteiger partial charge in [-0.25, -0.2) is 8.42 Å². The lowest BCUT2D eigenvalue weighted by Crippen LogP contribution is -2.37. The van der Waals surface area contributed by atoms with Gasteiger partial charge in [0, 0.05) is 17.3 Å². The molecular weight excluding hydrogens is 408 g/mol. The van der Waals surface area contributed by atoms with Gasteiger partial charge in [-0.3, -0.25) is 4.79 Å². The van der Waals surface area contributed by atoms with E-state index in [4.69, 9.17) is 11.6 Å². The second kappa shape index (κ2) is 9.22. The minimum absolute atomic E-state index is 0.0838. The molecule has 0 aromatic heterocycles. The zero-order valence-electron chi connectivity index (χ0n) is 15.9. The number of nitrogens with one attached hydrogen (secondary N) is 1. The fourth-order valence-electron chi connectivity index (χ4n) is 2.79. The van der Waals surface area contributed by atoms with Gasteiger partial charge in [0.15, 0.2) is 0 Å². The fourth-order valence-corrected chi connectivity index (χ4v) is 4.39. The molecule has 1 amide bonds. The molecule has 1 N–H and O–H groups in total. The van der Waals surface area contributed by atoms with Crippen LogP contribution in [0, 0.1) is 6.92 Å². The third kappa shape index (κ3) is 5.67. The van der Waals surface area contributed by atoms with Crippen LogP contribution in [-0.4, -0.2) is 25.2 Å². The number of amides is 1. The van der Waals surface area contributed by atoms with E-state index < -0.39 is 15.9 Å².